The van der Waals surface area contributed by atoms with Crippen LogP contribution in [0.3, 0.4) is 0 Å². The average Bonchev–Trinajstić information content (AvgIpc) is 3.10. The van der Waals surface area contributed by atoms with Crippen molar-refractivity contribution in [2.75, 3.05) is 22.9 Å². The number of amides is 2. The van der Waals surface area contributed by atoms with Gasteiger partial charge in [-0.3, -0.25) is 9.59 Å². The van der Waals surface area contributed by atoms with Crippen LogP contribution in [-0.2, 0) is 9.59 Å². The van der Waals surface area contributed by atoms with Gasteiger partial charge in [-0.25, -0.2) is 14.9 Å². The highest BCUT2D eigenvalue weighted by Crippen LogP contribution is 2.37. The number of anilines is 2. The number of aromatic nitrogens is 2. The number of rotatable bonds is 2. The highest BCUT2D eigenvalue weighted by Gasteiger charge is 2.53. The molecule has 0 spiro atoms. The lowest BCUT2D eigenvalue weighted by Crippen LogP contribution is -2.36. The summed E-state index contributed by atoms with van der Waals surface area (Å²) in [5.41, 5.74) is 0.648. The molecule has 0 aliphatic carbocycles. The van der Waals surface area contributed by atoms with Crippen molar-refractivity contribution < 1.29 is 9.59 Å². The molecule has 0 radical (unpaired) electrons. The SMILES string of the molecule is O=C1C2CN(c3ncccn3)CC2C(=O)N1c1ccccc1. The van der Waals surface area contributed by atoms with Crippen LogP contribution in [0.25, 0.3) is 0 Å². The molecule has 2 fully saturated rings. The van der Waals surface area contributed by atoms with Gasteiger partial charge in [-0.05, 0) is 18.2 Å². The van der Waals surface area contributed by atoms with Gasteiger partial charge in [0.2, 0.25) is 17.8 Å². The van der Waals surface area contributed by atoms with Crippen LogP contribution in [-0.4, -0.2) is 34.9 Å². The fourth-order valence-electron chi connectivity index (χ4n) is 3.19. The first-order chi connectivity index (χ1) is 10.8. The van der Waals surface area contributed by atoms with Gasteiger partial charge in [-0.15, -0.1) is 0 Å². The lowest BCUT2D eigenvalue weighted by molar-refractivity contribution is -0.122. The van der Waals surface area contributed by atoms with E-state index in [1.54, 1.807) is 30.6 Å². The van der Waals surface area contributed by atoms with Crippen molar-refractivity contribution >= 4 is 23.5 Å². The Labute approximate surface area is 127 Å². The average molecular weight is 294 g/mol. The lowest BCUT2D eigenvalue weighted by atomic mass is 10.00. The smallest absolute Gasteiger partial charge is 0.239 e. The van der Waals surface area contributed by atoms with Crippen molar-refractivity contribution in [2.24, 2.45) is 11.8 Å². The molecular weight excluding hydrogens is 280 g/mol. The molecule has 0 saturated carbocycles. The van der Waals surface area contributed by atoms with Crippen LogP contribution in [0, 0.1) is 11.8 Å². The third kappa shape index (κ3) is 1.88. The van der Waals surface area contributed by atoms with E-state index in [1.807, 2.05) is 23.1 Å². The Kier molecular flexibility index (Phi) is 2.89. The lowest BCUT2D eigenvalue weighted by Gasteiger charge is -2.20. The van der Waals surface area contributed by atoms with Crippen LogP contribution in [0.5, 0.6) is 0 Å². The van der Waals surface area contributed by atoms with Gasteiger partial charge in [-0.1, -0.05) is 18.2 Å². The Bertz CT molecular complexity index is 695. The van der Waals surface area contributed by atoms with Crippen LogP contribution in [0.4, 0.5) is 11.6 Å². The van der Waals surface area contributed by atoms with E-state index in [0.717, 1.165) is 0 Å². The number of imide groups is 1. The van der Waals surface area contributed by atoms with E-state index in [1.165, 1.54) is 4.90 Å². The maximum Gasteiger partial charge on any atom is 0.239 e. The molecule has 0 bridgehead atoms. The first-order valence-corrected chi connectivity index (χ1v) is 7.20. The molecule has 2 aliphatic rings. The Balaban J connectivity index is 1.60. The second kappa shape index (κ2) is 4.91. The van der Waals surface area contributed by atoms with E-state index in [9.17, 15) is 9.59 Å². The molecule has 110 valence electrons. The molecule has 4 rings (SSSR count). The standard InChI is InChI=1S/C16H14N4O2/c21-14-12-9-19(16-17-7-4-8-18-16)10-13(12)15(22)20(14)11-5-2-1-3-6-11/h1-8,12-13H,9-10H2. The van der Waals surface area contributed by atoms with E-state index in [2.05, 4.69) is 9.97 Å². The zero-order valence-electron chi connectivity index (χ0n) is 11.8. The number of nitrogens with zero attached hydrogens (tertiary/aromatic N) is 4. The second-order valence-electron chi connectivity index (χ2n) is 5.51. The summed E-state index contributed by atoms with van der Waals surface area (Å²) in [5.74, 6) is -0.295. The molecule has 2 atom stereocenters. The van der Waals surface area contributed by atoms with Gasteiger partial charge in [0.25, 0.3) is 0 Å². The quantitative estimate of drug-likeness (QED) is 0.776. The van der Waals surface area contributed by atoms with Crippen molar-refractivity contribution in [2.45, 2.75) is 0 Å². The molecule has 2 unspecified atom stereocenters. The van der Waals surface area contributed by atoms with Crippen molar-refractivity contribution in [3.8, 4) is 0 Å². The number of benzene rings is 1. The molecule has 6 nitrogen and oxygen atoms in total. The van der Waals surface area contributed by atoms with Crippen LogP contribution in [0.2, 0.25) is 0 Å². The largest absolute Gasteiger partial charge is 0.339 e. The topological polar surface area (TPSA) is 66.4 Å². The number of hydrogen-bond acceptors (Lipinski definition) is 5. The fraction of sp³-hybridized carbons (Fsp3) is 0.250. The first-order valence-electron chi connectivity index (χ1n) is 7.20. The fourth-order valence-corrected chi connectivity index (χ4v) is 3.19. The Morgan fingerprint density at radius 1 is 0.864 bits per heavy atom. The molecule has 22 heavy (non-hydrogen) atoms. The summed E-state index contributed by atoms with van der Waals surface area (Å²) in [6.07, 6.45) is 3.33. The van der Waals surface area contributed by atoms with E-state index in [4.69, 9.17) is 0 Å². The molecule has 0 N–H and O–H groups in total. The zero-order chi connectivity index (χ0) is 15.1. The summed E-state index contributed by atoms with van der Waals surface area (Å²) in [7, 11) is 0. The third-order valence-corrected chi connectivity index (χ3v) is 4.24. The van der Waals surface area contributed by atoms with Gasteiger partial charge in [0.05, 0.1) is 17.5 Å². The summed E-state index contributed by atoms with van der Waals surface area (Å²) in [5, 5.41) is 0. The minimum atomic E-state index is -0.309. The molecule has 6 heteroatoms. The van der Waals surface area contributed by atoms with Crippen molar-refractivity contribution in [3.63, 3.8) is 0 Å². The Morgan fingerprint density at radius 3 is 2.05 bits per heavy atom. The van der Waals surface area contributed by atoms with Crippen LogP contribution in [0.15, 0.2) is 48.8 Å². The van der Waals surface area contributed by atoms with E-state index in [-0.39, 0.29) is 23.7 Å². The monoisotopic (exact) mass is 294 g/mol. The van der Waals surface area contributed by atoms with Gasteiger partial charge >= 0.3 is 0 Å². The molecule has 2 saturated heterocycles. The van der Waals surface area contributed by atoms with E-state index >= 15 is 0 Å². The summed E-state index contributed by atoms with van der Waals surface area (Å²) in [4.78, 5) is 36.8. The Hall–Kier alpha value is -2.76. The van der Waals surface area contributed by atoms with Crippen molar-refractivity contribution in [1.82, 2.24) is 9.97 Å². The predicted molar refractivity (Wildman–Crippen MR) is 80.2 cm³/mol. The summed E-state index contributed by atoms with van der Waals surface area (Å²) < 4.78 is 0. The maximum atomic E-state index is 12.6. The molecular formula is C16H14N4O2. The summed E-state index contributed by atoms with van der Waals surface area (Å²) in [6.45, 7) is 0.977. The molecule has 3 heterocycles. The van der Waals surface area contributed by atoms with Crippen LogP contribution in [0.1, 0.15) is 0 Å². The van der Waals surface area contributed by atoms with E-state index < -0.39 is 0 Å². The van der Waals surface area contributed by atoms with Gasteiger partial charge in [0.15, 0.2) is 0 Å². The zero-order valence-corrected chi connectivity index (χ0v) is 11.8. The van der Waals surface area contributed by atoms with Crippen LogP contribution < -0.4 is 9.80 Å². The van der Waals surface area contributed by atoms with Gasteiger partial charge < -0.3 is 4.90 Å². The molecule has 2 aliphatic heterocycles. The summed E-state index contributed by atoms with van der Waals surface area (Å²) >= 11 is 0. The third-order valence-electron chi connectivity index (χ3n) is 4.24. The Morgan fingerprint density at radius 2 is 1.45 bits per heavy atom. The highest BCUT2D eigenvalue weighted by molar-refractivity contribution is 6.22. The number of fused-ring (bicyclic) bond motifs is 1. The molecule has 2 aromatic rings. The first kappa shape index (κ1) is 12.9. The molecule has 2 amide bonds. The number of carbonyl (C=O) groups excluding carboxylic acids is 2. The van der Waals surface area contributed by atoms with Crippen molar-refractivity contribution in [1.29, 1.82) is 0 Å². The van der Waals surface area contributed by atoms with E-state index in [0.29, 0.717) is 24.7 Å². The maximum absolute atomic E-state index is 12.6. The van der Waals surface area contributed by atoms with Crippen molar-refractivity contribution in [3.05, 3.63) is 48.8 Å². The van der Waals surface area contributed by atoms with Gasteiger partial charge in [0, 0.05) is 25.5 Å². The number of para-hydroxylation sites is 1. The minimum absolute atomic E-state index is 0.125. The minimum Gasteiger partial charge on any atom is -0.339 e. The highest BCUT2D eigenvalue weighted by atomic mass is 16.2. The van der Waals surface area contributed by atoms with Gasteiger partial charge in [-0.2, -0.15) is 0 Å². The number of carbonyl (C=O) groups is 2. The second-order valence-corrected chi connectivity index (χ2v) is 5.51. The van der Waals surface area contributed by atoms with Gasteiger partial charge in [0.1, 0.15) is 0 Å². The molecule has 1 aromatic heterocycles. The predicted octanol–water partition coefficient (Wildman–Crippen LogP) is 1.10. The number of hydrogen-bond donors (Lipinski definition) is 0. The molecule has 1 aromatic carbocycles. The summed E-state index contributed by atoms with van der Waals surface area (Å²) in [6, 6.07) is 10.8. The van der Waals surface area contributed by atoms with Crippen LogP contribution >= 0.6 is 0 Å². The normalized spacial score (nSPS) is 24.0.